The molecule has 0 fully saturated rings. The predicted molar refractivity (Wildman–Crippen MR) is 116 cm³/mol. The van der Waals surface area contributed by atoms with Crippen molar-refractivity contribution >= 4 is 10.0 Å². The van der Waals surface area contributed by atoms with Crippen LogP contribution in [0.3, 0.4) is 0 Å². The monoisotopic (exact) mass is 417 g/mol. The third-order valence-electron chi connectivity index (χ3n) is 6.37. The smallest absolute Gasteiger partial charge is 0.238 e. The van der Waals surface area contributed by atoms with Gasteiger partial charge >= 0.3 is 0 Å². The van der Waals surface area contributed by atoms with Crippen LogP contribution in [0.2, 0.25) is 0 Å². The number of aromatic hydroxyl groups is 1. The molecule has 6 nitrogen and oxygen atoms in total. The van der Waals surface area contributed by atoms with Crippen molar-refractivity contribution in [3.05, 3.63) is 59.2 Å². The van der Waals surface area contributed by atoms with E-state index in [0.29, 0.717) is 5.75 Å². The van der Waals surface area contributed by atoms with E-state index in [1.165, 1.54) is 11.1 Å². The van der Waals surface area contributed by atoms with E-state index < -0.39 is 10.0 Å². The zero-order valence-corrected chi connectivity index (χ0v) is 18.1. The van der Waals surface area contributed by atoms with E-state index in [2.05, 4.69) is 24.5 Å². The zero-order valence-electron chi connectivity index (χ0n) is 17.3. The summed E-state index contributed by atoms with van der Waals surface area (Å²) in [4.78, 5) is 0.131. The van der Waals surface area contributed by atoms with Crippen molar-refractivity contribution in [3.63, 3.8) is 0 Å². The standard InChI is InChI=1S/C22H31N3O3S/c1-4-22(2)19-14-17(26)8-7-16(19)13-20(24-3)21(22)25-12-11-15-5-9-18(10-6-15)29(23,27)28/h5-10,14,20-21,24-26H,4,11-13H2,1-3H3,(H2,23,27,28)/t20-,21+,22?/m0/s1. The predicted octanol–water partition coefficient (Wildman–Crippen LogP) is 2.05. The Morgan fingerprint density at radius 2 is 1.90 bits per heavy atom. The minimum atomic E-state index is -3.66. The molecule has 1 unspecified atom stereocenters. The van der Waals surface area contributed by atoms with Crippen LogP contribution < -0.4 is 15.8 Å². The maximum atomic E-state index is 11.4. The van der Waals surface area contributed by atoms with Crippen molar-refractivity contribution in [1.82, 2.24) is 10.6 Å². The van der Waals surface area contributed by atoms with Crippen molar-refractivity contribution < 1.29 is 13.5 Å². The molecule has 0 saturated heterocycles. The lowest BCUT2D eigenvalue weighted by atomic mass is 9.64. The van der Waals surface area contributed by atoms with Crippen LogP contribution in [0.25, 0.3) is 0 Å². The Balaban J connectivity index is 1.76. The summed E-state index contributed by atoms with van der Waals surface area (Å²) in [6.45, 7) is 5.21. The van der Waals surface area contributed by atoms with Crippen LogP contribution in [0.5, 0.6) is 5.75 Å². The first kappa shape index (κ1) is 21.8. The molecular formula is C22H31N3O3S. The van der Waals surface area contributed by atoms with Gasteiger partial charge < -0.3 is 15.7 Å². The van der Waals surface area contributed by atoms with Gasteiger partial charge in [-0.3, -0.25) is 0 Å². The molecule has 0 spiro atoms. The summed E-state index contributed by atoms with van der Waals surface area (Å²) >= 11 is 0. The summed E-state index contributed by atoms with van der Waals surface area (Å²) in [6.07, 6.45) is 2.63. The number of likely N-dealkylation sites (N-methyl/N-ethyl adjacent to an activating group) is 1. The molecule has 0 heterocycles. The maximum absolute atomic E-state index is 11.4. The van der Waals surface area contributed by atoms with Gasteiger partial charge in [0.2, 0.25) is 10.0 Å². The number of hydrogen-bond acceptors (Lipinski definition) is 5. The van der Waals surface area contributed by atoms with Gasteiger partial charge in [-0.05, 0) is 73.8 Å². The SMILES string of the molecule is CCC1(C)c2cc(O)ccc2C[C@H](NC)[C@H]1NCCc1ccc(S(N)(=O)=O)cc1. The highest BCUT2D eigenvalue weighted by Crippen LogP contribution is 2.41. The molecule has 0 bridgehead atoms. The highest BCUT2D eigenvalue weighted by Gasteiger charge is 2.43. The van der Waals surface area contributed by atoms with Crippen molar-refractivity contribution in [2.24, 2.45) is 5.14 Å². The number of nitrogens with one attached hydrogen (secondary N) is 2. The molecule has 29 heavy (non-hydrogen) atoms. The van der Waals surface area contributed by atoms with E-state index in [1.807, 2.05) is 31.3 Å². The molecule has 2 aromatic carbocycles. The topological polar surface area (TPSA) is 104 Å². The average Bonchev–Trinajstić information content (AvgIpc) is 2.69. The summed E-state index contributed by atoms with van der Waals surface area (Å²) in [7, 11) is -1.67. The van der Waals surface area contributed by atoms with Crippen LogP contribution in [0.4, 0.5) is 0 Å². The summed E-state index contributed by atoms with van der Waals surface area (Å²) in [6, 6.07) is 12.9. The Morgan fingerprint density at radius 3 is 2.48 bits per heavy atom. The highest BCUT2D eigenvalue weighted by molar-refractivity contribution is 7.89. The number of benzene rings is 2. The summed E-state index contributed by atoms with van der Waals surface area (Å²) < 4.78 is 22.8. The van der Waals surface area contributed by atoms with Crippen LogP contribution in [-0.2, 0) is 28.3 Å². The lowest BCUT2D eigenvalue weighted by Gasteiger charge is -2.47. The van der Waals surface area contributed by atoms with Gasteiger partial charge in [-0.2, -0.15) is 0 Å². The maximum Gasteiger partial charge on any atom is 0.238 e. The van der Waals surface area contributed by atoms with Gasteiger partial charge in [0.25, 0.3) is 0 Å². The van der Waals surface area contributed by atoms with Crippen LogP contribution in [0.15, 0.2) is 47.4 Å². The van der Waals surface area contributed by atoms with Crippen LogP contribution in [0.1, 0.15) is 37.0 Å². The molecule has 0 aromatic heterocycles. The number of fused-ring (bicyclic) bond motifs is 1. The Bertz CT molecular complexity index is 960. The molecule has 0 aliphatic heterocycles. The first-order chi connectivity index (χ1) is 13.7. The lowest BCUT2D eigenvalue weighted by Crippen LogP contribution is -2.61. The Hall–Kier alpha value is -1.93. The molecule has 5 N–H and O–H groups in total. The number of rotatable bonds is 7. The molecule has 1 aliphatic carbocycles. The summed E-state index contributed by atoms with van der Waals surface area (Å²) in [5, 5.41) is 22.4. The molecule has 2 aromatic rings. The second kappa shape index (κ2) is 8.44. The molecule has 0 saturated carbocycles. The van der Waals surface area contributed by atoms with Crippen molar-refractivity contribution in [2.75, 3.05) is 13.6 Å². The average molecular weight is 418 g/mol. The van der Waals surface area contributed by atoms with Gasteiger partial charge in [0, 0.05) is 17.5 Å². The first-order valence-electron chi connectivity index (χ1n) is 10.0. The third kappa shape index (κ3) is 4.48. The fourth-order valence-electron chi connectivity index (χ4n) is 4.50. The minimum Gasteiger partial charge on any atom is -0.508 e. The van der Waals surface area contributed by atoms with E-state index in [4.69, 9.17) is 5.14 Å². The number of phenols is 1. The third-order valence-corrected chi connectivity index (χ3v) is 7.30. The molecule has 0 amide bonds. The van der Waals surface area contributed by atoms with E-state index in [9.17, 15) is 13.5 Å². The molecule has 3 rings (SSSR count). The van der Waals surface area contributed by atoms with E-state index >= 15 is 0 Å². The molecule has 1 aliphatic rings. The second-order valence-corrected chi connectivity index (χ2v) is 9.64. The van der Waals surface area contributed by atoms with Gasteiger partial charge in [-0.15, -0.1) is 0 Å². The quantitative estimate of drug-likeness (QED) is 0.552. The van der Waals surface area contributed by atoms with Gasteiger partial charge in [0.05, 0.1) is 4.90 Å². The zero-order chi connectivity index (χ0) is 21.2. The number of nitrogens with two attached hydrogens (primary N) is 1. The van der Waals surface area contributed by atoms with Crippen LogP contribution in [-0.4, -0.2) is 39.2 Å². The van der Waals surface area contributed by atoms with E-state index in [1.54, 1.807) is 18.2 Å². The molecule has 0 radical (unpaired) electrons. The molecule has 3 atom stereocenters. The molecule has 158 valence electrons. The van der Waals surface area contributed by atoms with E-state index in [0.717, 1.165) is 31.4 Å². The summed E-state index contributed by atoms with van der Waals surface area (Å²) in [5.74, 6) is 0.306. The van der Waals surface area contributed by atoms with Crippen molar-refractivity contribution in [1.29, 1.82) is 0 Å². The van der Waals surface area contributed by atoms with Crippen molar-refractivity contribution in [2.45, 2.75) is 55.5 Å². The van der Waals surface area contributed by atoms with E-state index in [-0.39, 0.29) is 22.4 Å². The summed E-state index contributed by atoms with van der Waals surface area (Å²) in [5.41, 5.74) is 3.43. The van der Waals surface area contributed by atoms with Gasteiger partial charge in [-0.1, -0.05) is 32.0 Å². The number of phenolic OH excluding ortho intramolecular Hbond substituents is 1. The van der Waals surface area contributed by atoms with Gasteiger partial charge in [0.1, 0.15) is 5.75 Å². The first-order valence-corrected chi connectivity index (χ1v) is 11.6. The van der Waals surface area contributed by atoms with Crippen LogP contribution in [0, 0.1) is 0 Å². The van der Waals surface area contributed by atoms with Gasteiger partial charge in [-0.25, -0.2) is 13.6 Å². The minimum absolute atomic E-state index is 0.114. The highest BCUT2D eigenvalue weighted by atomic mass is 32.2. The molecule has 7 heteroatoms. The second-order valence-electron chi connectivity index (χ2n) is 8.08. The number of primary sulfonamides is 1. The Kier molecular flexibility index (Phi) is 6.33. The van der Waals surface area contributed by atoms with Crippen molar-refractivity contribution in [3.8, 4) is 5.75 Å². The fourth-order valence-corrected chi connectivity index (χ4v) is 5.02. The largest absolute Gasteiger partial charge is 0.508 e. The lowest BCUT2D eigenvalue weighted by molar-refractivity contribution is 0.226. The number of hydrogen-bond donors (Lipinski definition) is 4. The Morgan fingerprint density at radius 1 is 1.21 bits per heavy atom. The Labute approximate surface area is 173 Å². The van der Waals surface area contributed by atoms with Crippen LogP contribution >= 0.6 is 0 Å². The van der Waals surface area contributed by atoms with Gasteiger partial charge in [0.15, 0.2) is 0 Å². The normalized spacial score (nSPS) is 24.3. The number of sulfonamides is 1. The molecular weight excluding hydrogens is 386 g/mol. The fraction of sp³-hybridized carbons (Fsp3) is 0.455.